The minimum atomic E-state index is 0.512. The van der Waals surface area contributed by atoms with Crippen LogP contribution in [0, 0.1) is 0 Å². The summed E-state index contributed by atoms with van der Waals surface area (Å²) in [5.41, 5.74) is 1.91. The molecular weight excluding hydrogens is 260 g/mol. The zero-order valence-electron chi connectivity index (χ0n) is 11.4. The van der Waals surface area contributed by atoms with Crippen molar-refractivity contribution in [3.05, 3.63) is 28.9 Å². The smallest absolute Gasteiger partial charge is 0.168 e. The van der Waals surface area contributed by atoms with Crippen LogP contribution in [-0.2, 0) is 0 Å². The summed E-state index contributed by atoms with van der Waals surface area (Å²) in [7, 11) is 0. The van der Waals surface area contributed by atoms with Gasteiger partial charge in [0.05, 0.1) is 5.69 Å². The number of fused-ring (bicyclic) bond motifs is 1. The Morgan fingerprint density at radius 1 is 1.32 bits per heavy atom. The lowest BCUT2D eigenvalue weighted by molar-refractivity contribution is 0.170. The predicted molar refractivity (Wildman–Crippen MR) is 77.7 cm³/mol. The van der Waals surface area contributed by atoms with E-state index in [4.69, 9.17) is 16.1 Å². The Bertz CT molecular complexity index is 571. The molecule has 1 saturated heterocycles. The molecule has 4 heteroatoms. The van der Waals surface area contributed by atoms with E-state index in [9.17, 15) is 0 Å². The van der Waals surface area contributed by atoms with Crippen molar-refractivity contribution in [2.75, 3.05) is 13.1 Å². The highest BCUT2D eigenvalue weighted by molar-refractivity contribution is 6.31. The molecule has 0 aliphatic carbocycles. The van der Waals surface area contributed by atoms with Crippen molar-refractivity contribution < 1.29 is 4.52 Å². The highest BCUT2D eigenvalue weighted by Gasteiger charge is 2.25. The zero-order chi connectivity index (χ0) is 13.4. The second-order valence-electron chi connectivity index (χ2n) is 5.61. The number of hydrogen-bond acceptors (Lipinski definition) is 3. The topological polar surface area (TPSA) is 29.3 Å². The molecule has 0 radical (unpaired) electrons. The Hall–Kier alpha value is -1.06. The number of benzene rings is 1. The summed E-state index contributed by atoms with van der Waals surface area (Å²) in [5, 5.41) is 6.09. The van der Waals surface area contributed by atoms with Gasteiger partial charge in [-0.3, -0.25) is 0 Å². The lowest BCUT2D eigenvalue weighted by Gasteiger charge is -2.33. The predicted octanol–water partition coefficient (Wildman–Crippen LogP) is 4.07. The van der Waals surface area contributed by atoms with Gasteiger partial charge in [0.1, 0.15) is 0 Å². The first-order chi connectivity index (χ1) is 9.15. The molecule has 0 spiro atoms. The molecule has 0 bridgehead atoms. The van der Waals surface area contributed by atoms with Crippen LogP contribution >= 0.6 is 11.6 Å². The minimum Gasteiger partial charge on any atom is -0.356 e. The third-order valence-electron chi connectivity index (χ3n) is 4.11. The van der Waals surface area contributed by atoms with Gasteiger partial charge in [0.2, 0.25) is 0 Å². The van der Waals surface area contributed by atoms with E-state index < -0.39 is 0 Å². The molecule has 1 aliphatic heterocycles. The largest absolute Gasteiger partial charge is 0.356 e. The van der Waals surface area contributed by atoms with Gasteiger partial charge in [-0.05, 0) is 51.9 Å². The summed E-state index contributed by atoms with van der Waals surface area (Å²) >= 11 is 5.97. The normalized spacial score (nSPS) is 18.5. The fraction of sp³-hybridized carbons (Fsp3) is 0.533. The van der Waals surface area contributed by atoms with Gasteiger partial charge in [-0.15, -0.1) is 0 Å². The maximum atomic E-state index is 5.97. The van der Waals surface area contributed by atoms with Gasteiger partial charge in [-0.1, -0.05) is 16.8 Å². The van der Waals surface area contributed by atoms with Crippen molar-refractivity contribution in [2.24, 2.45) is 0 Å². The van der Waals surface area contributed by atoms with E-state index in [0.717, 1.165) is 42.6 Å². The summed E-state index contributed by atoms with van der Waals surface area (Å²) in [6.45, 7) is 6.80. The molecule has 2 heterocycles. The molecule has 1 aromatic carbocycles. The van der Waals surface area contributed by atoms with Crippen molar-refractivity contribution in [2.45, 2.75) is 38.6 Å². The molecule has 0 N–H and O–H groups in total. The van der Waals surface area contributed by atoms with E-state index in [1.54, 1.807) is 0 Å². The molecule has 2 aromatic rings. The third kappa shape index (κ3) is 2.49. The van der Waals surface area contributed by atoms with Crippen LogP contribution in [0.2, 0.25) is 5.02 Å². The highest BCUT2D eigenvalue weighted by atomic mass is 35.5. The van der Waals surface area contributed by atoms with Gasteiger partial charge < -0.3 is 9.42 Å². The van der Waals surface area contributed by atoms with Crippen LogP contribution in [0.1, 0.15) is 38.3 Å². The number of hydrogen-bond donors (Lipinski definition) is 0. The molecule has 0 amide bonds. The van der Waals surface area contributed by atoms with Crippen molar-refractivity contribution in [1.82, 2.24) is 10.1 Å². The quantitative estimate of drug-likeness (QED) is 0.829. The average molecular weight is 279 g/mol. The summed E-state index contributed by atoms with van der Waals surface area (Å²) in [5.74, 6) is 0.512. The van der Waals surface area contributed by atoms with Gasteiger partial charge >= 0.3 is 0 Å². The number of halogens is 1. The first kappa shape index (κ1) is 12.9. The average Bonchev–Trinajstić information content (AvgIpc) is 2.81. The fourth-order valence-electron chi connectivity index (χ4n) is 2.91. The standard InChI is InChI=1S/C15H19ClN2O/c1-10(2)18-7-5-11(6-8-18)15-13-4-3-12(16)9-14(13)19-17-15/h3-4,9-11H,5-8H2,1-2H3. The van der Waals surface area contributed by atoms with Crippen molar-refractivity contribution in [3.8, 4) is 0 Å². The first-order valence-corrected chi connectivity index (χ1v) is 7.32. The number of nitrogens with zero attached hydrogens (tertiary/aromatic N) is 2. The maximum Gasteiger partial charge on any atom is 0.168 e. The molecule has 102 valence electrons. The summed E-state index contributed by atoms with van der Waals surface area (Å²) in [4.78, 5) is 2.52. The van der Waals surface area contributed by atoms with E-state index in [-0.39, 0.29) is 0 Å². The highest BCUT2D eigenvalue weighted by Crippen LogP contribution is 2.33. The van der Waals surface area contributed by atoms with E-state index >= 15 is 0 Å². The molecule has 0 saturated carbocycles. The Morgan fingerprint density at radius 2 is 2.05 bits per heavy atom. The van der Waals surface area contributed by atoms with Crippen LogP contribution in [0.25, 0.3) is 11.0 Å². The number of rotatable bonds is 2. The van der Waals surface area contributed by atoms with Crippen molar-refractivity contribution in [3.63, 3.8) is 0 Å². The van der Waals surface area contributed by atoms with Crippen molar-refractivity contribution in [1.29, 1.82) is 0 Å². The van der Waals surface area contributed by atoms with Crippen LogP contribution in [0.5, 0.6) is 0 Å². The second kappa shape index (κ2) is 5.14. The molecule has 1 aliphatic rings. The monoisotopic (exact) mass is 278 g/mol. The van der Waals surface area contributed by atoms with Crippen LogP contribution in [-0.4, -0.2) is 29.2 Å². The van der Waals surface area contributed by atoms with E-state index in [2.05, 4.69) is 23.9 Å². The van der Waals surface area contributed by atoms with Gasteiger partial charge in [0, 0.05) is 28.4 Å². The summed E-state index contributed by atoms with van der Waals surface area (Å²) in [6.07, 6.45) is 2.31. The zero-order valence-corrected chi connectivity index (χ0v) is 12.2. The lowest BCUT2D eigenvalue weighted by atomic mass is 9.91. The molecule has 3 nitrogen and oxygen atoms in total. The van der Waals surface area contributed by atoms with Gasteiger partial charge in [0.15, 0.2) is 5.58 Å². The first-order valence-electron chi connectivity index (χ1n) is 6.94. The molecular formula is C15H19ClN2O. The number of piperidine rings is 1. The van der Waals surface area contributed by atoms with Crippen LogP contribution in [0.3, 0.4) is 0 Å². The summed E-state index contributed by atoms with van der Waals surface area (Å²) in [6, 6.07) is 6.41. The van der Waals surface area contributed by atoms with Crippen LogP contribution < -0.4 is 0 Å². The number of aromatic nitrogens is 1. The minimum absolute atomic E-state index is 0.512. The fourth-order valence-corrected chi connectivity index (χ4v) is 3.08. The van der Waals surface area contributed by atoms with Gasteiger partial charge in [-0.2, -0.15) is 0 Å². The third-order valence-corrected chi connectivity index (χ3v) is 4.34. The van der Waals surface area contributed by atoms with Crippen molar-refractivity contribution >= 4 is 22.6 Å². The van der Waals surface area contributed by atoms with Gasteiger partial charge in [0.25, 0.3) is 0 Å². The Balaban J connectivity index is 1.82. The Labute approximate surface area is 118 Å². The molecule has 1 aromatic heterocycles. The SMILES string of the molecule is CC(C)N1CCC(c2noc3cc(Cl)ccc23)CC1. The Kier molecular flexibility index (Phi) is 3.50. The van der Waals surface area contributed by atoms with Crippen LogP contribution in [0.4, 0.5) is 0 Å². The lowest BCUT2D eigenvalue weighted by Crippen LogP contribution is -2.37. The van der Waals surface area contributed by atoms with Gasteiger partial charge in [-0.25, -0.2) is 0 Å². The Morgan fingerprint density at radius 3 is 2.74 bits per heavy atom. The summed E-state index contributed by atoms with van der Waals surface area (Å²) < 4.78 is 5.41. The van der Waals surface area contributed by atoms with E-state index in [1.807, 2.05) is 18.2 Å². The van der Waals surface area contributed by atoms with E-state index in [1.165, 1.54) is 0 Å². The molecule has 0 unspecified atom stereocenters. The molecule has 19 heavy (non-hydrogen) atoms. The number of likely N-dealkylation sites (tertiary alicyclic amines) is 1. The maximum absolute atomic E-state index is 5.97. The molecule has 3 rings (SSSR count). The van der Waals surface area contributed by atoms with E-state index in [0.29, 0.717) is 17.0 Å². The molecule has 0 atom stereocenters. The van der Waals surface area contributed by atoms with Crippen LogP contribution in [0.15, 0.2) is 22.7 Å². The second-order valence-corrected chi connectivity index (χ2v) is 6.05. The molecule has 1 fully saturated rings.